The van der Waals surface area contributed by atoms with Crippen LogP contribution in [0.15, 0.2) is 16.9 Å². The average molecular weight is 278 g/mol. The minimum absolute atomic E-state index is 0.182. The lowest BCUT2D eigenvalue weighted by Gasteiger charge is -2.26. The highest BCUT2D eigenvalue weighted by molar-refractivity contribution is 5.16. The third kappa shape index (κ3) is 3.70. The Hall–Kier alpha value is -1.13. The maximum atomic E-state index is 12.6. The van der Waals surface area contributed by atoms with Crippen molar-refractivity contribution in [2.75, 3.05) is 20.3 Å². The third-order valence-corrected chi connectivity index (χ3v) is 4.14. The van der Waals surface area contributed by atoms with E-state index < -0.39 is 0 Å². The van der Waals surface area contributed by atoms with Crippen molar-refractivity contribution >= 4 is 0 Å². The molecule has 0 radical (unpaired) electrons. The molecule has 0 bridgehead atoms. The van der Waals surface area contributed by atoms with Gasteiger partial charge in [-0.15, -0.1) is 0 Å². The fraction of sp³-hybridized carbons (Fsp3) is 0.688. The summed E-state index contributed by atoms with van der Waals surface area (Å²) in [4.78, 5) is 12.6. The molecule has 4 nitrogen and oxygen atoms in total. The zero-order chi connectivity index (χ0) is 14.4. The number of nitrogens with one attached hydrogen (secondary N) is 1. The summed E-state index contributed by atoms with van der Waals surface area (Å²) < 4.78 is 7.02. The van der Waals surface area contributed by atoms with Crippen LogP contribution in [0.2, 0.25) is 0 Å². The Morgan fingerprint density at radius 3 is 2.75 bits per heavy atom. The van der Waals surface area contributed by atoms with E-state index in [-0.39, 0.29) is 5.56 Å². The van der Waals surface area contributed by atoms with Gasteiger partial charge in [-0.3, -0.25) is 4.79 Å². The van der Waals surface area contributed by atoms with Gasteiger partial charge in [-0.05, 0) is 25.8 Å². The zero-order valence-corrected chi connectivity index (χ0v) is 12.7. The molecule has 0 unspecified atom stereocenters. The van der Waals surface area contributed by atoms with Crippen molar-refractivity contribution in [1.82, 2.24) is 9.88 Å². The lowest BCUT2D eigenvalue weighted by Crippen LogP contribution is -2.32. The number of aryl methyl sites for hydroxylation is 1. The number of hydrogen-bond acceptors (Lipinski definition) is 3. The lowest BCUT2D eigenvalue weighted by atomic mass is 9.94. The highest BCUT2D eigenvalue weighted by atomic mass is 16.5. The molecule has 0 amide bonds. The zero-order valence-electron chi connectivity index (χ0n) is 12.7. The Bertz CT molecular complexity index is 476. The molecule has 20 heavy (non-hydrogen) atoms. The Morgan fingerprint density at radius 2 is 2.05 bits per heavy atom. The van der Waals surface area contributed by atoms with Gasteiger partial charge < -0.3 is 14.6 Å². The van der Waals surface area contributed by atoms with Crippen LogP contribution in [0.1, 0.15) is 49.4 Å². The van der Waals surface area contributed by atoms with Crippen molar-refractivity contribution in [2.45, 2.75) is 51.6 Å². The van der Waals surface area contributed by atoms with Gasteiger partial charge in [0.25, 0.3) is 5.56 Å². The van der Waals surface area contributed by atoms with Crippen LogP contribution in [0.3, 0.4) is 0 Å². The van der Waals surface area contributed by atoms with E-state index in [1.807, 2.05) is 17.6 Å². The molecule has 1 fully saturated rings. The molecule has 0 aliphatic heterocycles. The summed E-state index contributed by atoms with van der Waals surface area (Å²) in [5.74, 6) is 0. The second-order valence-electron chi connectivity index (χ2n) is 5.64. The standard InChI is InChI=1S/C16H26N2O2/c1-13-8-9-14(12-17-10-11-20-2)16(19)18(13)15-6-4-3-5-7-15/h8-9,15,17H,3-7,10-12H2,1-2H3. The molecule has 2 rings (SSSR count). The molecule has 1 aliphatic carbocycles. The van der Waals surface area contributed by atoms with Gasteiger partial charge in [0.05, 0.1) is 6.61 Å². The van der Waals surface area contributed by atoms with E-state index in [0.29, 0.717) is 19.2 Å². The first-order chi connectivity index (χ1) is 9.74. The van der Waals surface area contributed by atoms with Crippen LogP contribution in [0.25, 0.3) is 0 Å². The molecule has 0 aromatic carbocycles. The normalized spacial score (nSPS) is 16.5. The summed E-state index contributed by atoms with van der Waals surface area (Å²) in [6, 6.07) is 4.43. The SMILES string of the molecule is COCCNCc1ccc(C)n(C2CCCCC2)c1=O. The largest absolute Gasteiger partial charge is 0.383 e. The maximum Gasteiger partial charge on any atom is 0.255 e. The second kappa shape index (κ2) is 7.60. The van der Waals surface area contributed by atoms with E-state index in [4.69, 9.17) is 4.74 Å². The van der Waals surface area contributed by atoms with Crippen molar-refractivity contribution in [3.05, 3.63) is 33.7 Å². The summed E-state index contributed by atoms with van der Waals surface area (Å²) in [5.41, 5.74) is 2.13. The Labute approximate surface area is 121 Å². The number of ether oxygens (including phenoxy) is 1. The fourth-order valence-electron chi connectivity index (χ4n) is 3.01. The molecular formula is C16H26N2O2. The van der Waals surface area contributed by atoms with Gasteiger partial charge in [0.2, 0.25) is 0 Å². The predicted octanol–water partition coefficient (Wildman–Crippen LogP) is 2.40. The average Bonchev–Trinajstić information content (AvgIpc) is 2.47. The molecule has 1 aliphatic rings. The van der Waals surface area contributed by atoms with Crippen molar-refractivity contribution in [3.8, 4) is 0 Å². The van der Waals surface area contributed by atoms with E-state index in [1.165, 1.54) is 19.3 Å². The molecule has 1 aromatic heterocycles. The van der Waals surface area contributed by atoms with Crippen LogP contribution < -0.4 is 10.9 Å². The molecular weight excluding hydrogens is 252 g/mol. The number of pyridine rings is 1. The monoisotopic (exact) mass is 278 g/mol. The highest BCUT2D eigenvalue weighted by Crippen LogP contribution is 2.27. The van der Waals surface area contributed by atoms with Crippen LogP contribution in [0, 0.1) is 6.92 Å². The van der Waals surface area contributed by atoms with Gasteiger partial charge in [-0.1, -0.05) is 25.3 Å². The van der Waals surface area contributed by atoms with Gasteiger partial charge in [-0.2, -0.15) is 0 Å². The van der Waals surface area contributed by atoms with E-state index in [1.54, 1.807) is 7.11 Å². The molecule has 0 saturated heterocycles. The molecule has 0 spiro atoms. The number of rotatable bonds is 6. The van der Waals surface area contributed by atoms with Gasteiger partial charge in [-0.25, -0.2) is 0 Å². The topological polar surface area (TPSA) is 43.3 Å². The second-order valence-corrected chi connectivity index (χ2v) is 5.64. The number of aromatic nitrogens is 1. The van der Waals surface area contributed by atoms with E-state index in [9.17, 15) is 4.79 Å². The quantitative estimate of drug-likeness (QED) is 0.813. The number of hydrogen-bond donors (Lipinski definition) is 1. The summed E-state index contributed by atoms with van der Waals surface area (Å²) in [7, 11) is 1.68. The third-order valence-electron chi connectivity index (χ3n) is 4.14. The van der Waals surface area contributed by atoms with Crippen molar-refractivity contribution in [3.63, 3.8) is 0 Å². The first kappa shape index (κ1) is 15.3. The Morgan fingerprint density at radius 1 is 1.30 bits per heavy atom. The lowest BCUT2D eigenvalue weighted by molar-refractivity contribution is 0.199. The Kier molecular flexibility index (Phi) is 5.80. The van der Waals surface area contributed by atoms with Gasteiger partial charge >= 0.3 is 0 Å². The summed E-state index contributed by atoms with van der Waals surface area (Å²) in [6.07, 6.45) is 6.07. The first-order valence-electron chi connectivity index (χ1n) is 7.64. The summed E-state index contributed by atoms with van der Waals surface area (Å²) in [6.45, 7) is 4.10. The smallest absolute Gasteiger partial charge is 0.255 e. The van der Waals surface area contributed by atoms with Gasteiger partial charge in [0, 0.05) is 37.5 Å². The van der Waals surface area contributed by atoms with E-state index in [2.05, 4.69) is 11.4 Å². The van der Waals surface area contributed by atoms with E-state index in [0.717, 1.165) is 30.6 Å². The molecule has 4 heteroatoms. The molecule has 1 aromatic rings. The maximum absolute atomic E-state index is 12.6. The summed E-state index contributed by atoms with van der Waals surface area (Å²) >= 11 is 0. The van der Waals surface area contributed by atoms with Gasteiger partial charge in [0.1, 0.15) is 0 Å². The van der Waals surface area contributed by atoms with Crippen LogP contribution in [0.5, 0.6) is 0 Å². The van der Waals surface area contributed by atoms with Gasteiger partial charge in [0.15, 0.2) is 0 Å². The predicted molar refractivity (Wildman–Crippen MR) is 81.1 cm³/mol. The molecule has 112 valence electrons. The highest BCUT2D eigenvalue weighted by Gasteiger charge is 2.18. The van der Waals surface area contributed by atoms with Crippen molar-refractivity contribution in [1.29, 1.82) is 0 Å². The van der Waals surface area contributed by atoms with Crippen molar-refractivity contribution < 1.29 is 4.74 Å². The van der Waals surface area contributed by atoms with Crippen LogP contribution >= 0.6 is 0 Å². The molecule has 0 atom stereocenters. The van der Waals surface area contributed by atoms with Crippen LogP contribution in [0.4, 0.5) is 0 Å². The minimum Gasteiger partial charge on any atom is -0.383 e. The molecule has 1 N–H and O–H groups in total. The van der Waals surface area contributed by atoms with E-state index >= 15 is 0 Å². The van der Waals surface area contributed by atoms with Crippen molar-refractivity contribution in [2.24, 2.45) is 0 Å². The van der Waals surface area contributed by atoms with Crippen LogP contribution in [-0.4, -0.2) is 24.8 Å². The first-order valence-corrected chi connectivity index (χ1v) is 7.64. The molecule has 1 saturated carbocycles. The molecule has 1 heterocycles. The van der Waals surface area contributed by atoms with Crippen LogP contribution in [-0.2, 0) is 11.3 Å². The number of nitrogens with zero attached hydrogens (tertiary/aromatic N) is 1. The fourth-order valence-corrected chi connectivity index (χ4v) is 3.01. The minimum atomic E-state index is 0.182. The number of methoxy groups -OCH3 is 1. The summed E-state index contributed by atoms with van der Waals surface area (Å²) in [5, 5.41) is 3.25. The Balaban J connectivity index is 2.12.